The van der Waals surface area contributed by atoms with Crippen molar-refractivity contribution in [3.8, 4) is 5.75 Å². The van der Waals surface area contributed by atoms with Crippen LogP contribution in [0.25, 0.3) is 0 Å². The molecule has 2 rings (SSSR count). The molecule has 100 valence electrons. The van der Waals surface area contributed by atoms with E-state index in [0.717, 1.165) is 5.75 Å². The van der Waals surface area contributed by atoms with Crippen LogP contribution < -0.4 is 4.74 Å². The van der Waals surface area contributed by atoms with Crippen molar-refractivity contribution in [1.29, 1.82) is 0 Å². The third kappa shape index (κ3) is 4.23. The molecule has 2 aromatic carbocycles. The van der Waals surface area contributed by atoms with Crippen LogP contribution in [0.3, 0.4) is 0 Å². The fourth-order valence-corrected chi connectivity index (χ4v) is 2.46. The number of ether oxygens (including phenoxy) is 1. The minimum Gasteiger partial charge on any atom is -0.489 e. The summed E-state index contributed by atoms with van der Waals surface area (Å²) < 4.78 is 7.12. The van der Waals surface area contributed by atoms with Crippen LogP contribution in [0.1, 0.15) is 31.9 Å². The monoisotopic (exact) mass is 366 g/mol. The average molecular weight is 366 g/mol. The molecule has 0 spiro atoms. The first-order chi connectivity index (χ1) is 8.95. The number of rotatable bonds is 3. The lowest BCUT2D eigenvalue weighted by Gasteiger charge is -2.20. The standard InChI is InChI=1S/C17H19IO/c1-17(2,3)14-9-15(18)11-16(10-14)19-12-13-7-5-4-6-8-13/h4-11H,12H2,1-3H3. The molecule has 0 heterocycles. The molecule has 0 fully saturated rings. The average Bonchev–Trinajstić information content (AvgIpc) is 2.36. The van der Waals surface area contributed by atoms with E-state index in [-0.39, 0.29) is 5.41 Å². The van der Waals surface area contributed by atoms with Gasteiger partial charge in [0, 0.05) is 3.57 Å². The molecule has 0 saturated carbocycles. The van der Waals surface area contributed by atoms with Gasteiger partial charge < -0.3 is 4.74 Å². The summed E-state index contributed by atoms with van der Waals surface area (Å²) in [5, 5.41) is 0. The zero-order chi connectivity index (χ0) is 13.9. The van der Waals surface area contributed by atoms with Crippen molar-refractivity contribution >= 4 is 22.6 Å². The molecule has 0 unspecified atom stereocenters. The van der Waals surface area contributed by atoms with Crippen LogP contribution >= 0.6 is 22.6 Å². The molecule has 19 heavy (non-hydrogen) atoms. The summed E-state index contributed by atoms with van der Waals surface area (Å²) in [7, 11) is 0. The highest BCUT2D eigenvalue weighted by molar-refractivity contribution is 14.1. The van der Waals surface area contributed by atoms with E-state index in [4.69, 9.17) is 4.74 Å². The molecule has 0 aromatic heterocycles. The van der Waals surface area contributed by atoms with Gasteiger partial charge in [0.1, 0.15) is 12.4 Å². The second-order valence-corrected chi connectivity index (χ2v) is 6.95. The predicted molar refractivity (Wildman–Crippen MR) is 88.6 cm³/mol. The van der Waals surface area contributed by atoms with E-state index in [1.54, 1.807) is 0 Å². The number of hydrogen-bond donors (Lipinski definition) is 0. The lowest BCUT2D eigenvalue weighted by molar-refractivity contribution is 0.305. The third-order valence-electron chi connectivity index (χ3n) is 2.99. The highest BCUT2D eigenvalue weighted by Gasteiger charge is 2.15. The fraction of sp³-hybridized carbons (Fsp3) is 0.294. The van der Waals surface area contributed by atoms with Gasteiger partial charge in [-0.15, -0.1) is 0 Å². The fourth-order valence-electron chi connectivity index (χ4n) is 1.82. The van der Waals surface area contributed by atoms with E-state index >= 15 is 0 Å². The normalized spacial score (nSPS) is 11.4. The molecular formula is C17H19IO. The van der Waals surface area contributed by atoms with Crippen molar-refractivity contribution in [2.24, 2.45) is 0 Å². The van der Waals surface area contributed by atoms with E-state index in [9.17, 15) is 0 Å². The van der Waals surface area contributed by atoms with Gasteiger partial charge in [0.05, 0.1) is 0 Å². The summed E-state index contributed by atoms with van der Waals surface area (Å²) in [5.41, 5.74) is 2.65. The Kier molecular flexibility index (Phi) is 4.50. The topological polar surface area (TPSA) is 9.23 Å². The minimum atomic E-state index is 0.145. The van der Waals surface area contributed by atoms with E-state index in [0.29, 0.717) is 6.61 Å². The van der Waals surface area contributed by atoms with Crippen molar-refractivity contribution in [2.75, 3.05) is 0 Å². The van der Waals surface area contributed by atoms with E-state index in [1.165, 1.54) is 14.7 Å². The minimum absolute atomic E-state index is 0.145. The Morgan fingerprint density at radius 2 is 1.68 bits per heavy atom. The molecule has 0 radical (unpaired) electrons. The molecule has 0 saturated heterocycles. The smallest absolute Gasteiger partial charge is 0.121 e. The molecule has 0 aliphatic heterocycles. The van der Waals surface area contributed by atoms with Crippen LogP contribution in [0.2, 0.25) is 0 Å². The maximum absolute atomic E-state index is 5.90. The lowest BCUT2D eigenvalue weighted by Crippen LogP contribution is -2.11. The van der Waals surface area contributed by atoms with Gasteiger partial charge in [0.15, 0.2) is 0 Å². The largest absolute Gasteiger partial charge is 0.489 e. The van der Waals surface area contributed by atoms with Gasteiger partial charge in [-0.2, -0.15) is 0 Å². The molecule has 2 aromatic rings. The van der Waals surface area contributed by atoms with Crippen molar-refractivity contribution in [3.63, 3.8) is 0 Å². The SMILES string of the molecule is CC(C)(C)c1cc(I)cc(OCc2ccccc2)c1. The van der Waals surface area contributed by atoms with Gasteiger partial charge in [-0.25, -0.2) is 0 Å². The summed E-state index contributed by atoms with van der Waals surface area (Å²) in [6.45, 7) is 7.28. The summed E-state index contributed by atoms with van der Waals surface area (Å²) >= 11 is 2.35. The Balaban J connectivity index is 2.15. The molecule has 0 atom stereocenters. The molecule has 1 nitrogen and oxygen atoms in total. The Bertz CT molecular complexity index is 541. The second-order valence-electron chi connectivity index (χ2n) is 5.70. The van der Waals surface area contributed by atoms with Crippen LogP contribution in [0.5, 0.6) is 5.75 Å². The Morgan fingerprint density at radius 1 is 1.00 bits per heavy atom. The third-order valence-corrected chi connectivity index (χ3v) is 3.61. The zero-order valence-corrected chi connectivity index (χ0v) is 13.8. The Labute approximate surface area is 129 Å². The zero-order valence-electron chi connectivity index (χ0n) is 11.6. The van der Waals surface area contributed by atoms with E-state index < -0.39 is 0 Å². The highest BCUT2D eigenvalue weighted by atomic mass is 127. The first-order valence-electron chi connectivity index (χ1n) is 6.43. The molecule has 2 heteroatoms. The maximum Gasteiger partial charge on any atom is 0.121 e. The first kappa shape index (κ1) is 14.4. The molecule has 0 aliphatic rings. The van der Waals surface area contributed by atoms with Crippen molar-refractivity contribution in [1.82, 2.24) is 0 Å². The molecular weight excluding hydrogens is 347 g/mol. The van der Waals surface area contributed by atoms with Gasteiger partial charge >= 0.3 is 0 Å². The van der Waals surface area contributed by atoms with Gasteiger partial charge in [-0.3, -0.25) is 0 Å². The van der Waals surface area contributed by atoms with Crippen molar-refractivity contribution in [3.05, 3.63) is 63.2 Å². The van der Waals surface area contributed by atoms with Crippen molar-refractivity contribution < 1.29 is 4.74 Å². The van der Waals surface area contributed by atoms with Gasteiger partial charge in [-0.1, -0.05) is 51.1 Å². The van der Waals surface area contributed by atoms with Crippen LogP contribution in [-0.4, -0.2) is 0 Å². The number of halogens is 1. The first-order valence-corrected chi connectivity index (χ1v) is 7.51. The molecule has 0 N–H and O–H groups in total. The van der Waals surface area contributed by atoms with Crippen LogP contribution in [0.15, 0.2) is 48.5 Å². The van der Waals surface area contributed by atoms with Crippen LogP contribution in [-0.2, 0) is 12.0 Å². The molecule has 0 bridgehead atoms. The van der Waals surface area contributed by atoms with Crippen LogP contribution in [0.4, 0.5) is 0 Å². The predicted octanol–water partition coefficient (Wildman–Crippen LogP) is 5.17. The van der Waals surface area contributed by atoms with Crippen molar-refractivity contribution in [2.45, 2.75) is 32.8 Å². The van der Waals surface area contributed by atoms with Crippen LogP contribution in [0, 0.1) is 3.57 Å². The Morgan fingerprint density at radius 3 is 2.32 bits per heavy atom. The lowest BCUT2D eigenvalue weighted by atomic mass is 9.87. The Hall–Kier alpha value is -1.03. The second kappa shape index (κ2) is 5.95. The molecule has 0 aliphatic carbocycles. The van der Waals surface area contributed by atoms with Gasteiger partial charge in [-0.05, 0) is 57.3 Å². The summed E-state index contributed by atoms with van der Waals surface area (Å²) in [6, 6.07) is 16.7. The highest BCUT2D eigenvalue weighted by Crippen LogP contribution is 2.28. The van der Waals surface area contributed by atoms with E-state index in [2.05, 4.69) is 73.7 Å². The quantitative estimate of drug-likeness (QED) is 0.682. The van der Waals surface area contributed by atoms with Gasteiger partial charge in [0.25, 0.3) is 0 Å². The van der Waals surface area contributed by atoms with Gasteiger partial charge in [0.2, 0.25) is 0 Å². The summed E-state index contributed by atoms with van der Waals surface area (Å²) in [6.07, 6.45) is 0. The van der Waals surface area contributed by atoms with E-state index in [1.807, 2.05) is 18.2 Å². The summed E-state index contributed by atoms with van der Waals surface area (Å²) in [4.78, 5) is 0. The molecule has 0 amide bonds. The summed E-state index contributed by atoms with van der Waals surface area (Å²) in [5.74, 6) is 0.945. The number of benzene rings is 2. The maximum atomic E-state index is 5.90. The number of hydrogen-bond acceptors (Lipinski definition) is 1.